The predicted octanol–water partition coefficient (Wildman–Crippen LogP) is 4.96. The van der Waals surface area contributed by atoms with E-state index in [0.29, 0.717) is 0 Å². The Labute approximate surface area is 123 Å². The predicted molar refractivity (Wildman–Crippen MR) is 88.0 cm³/mol. The van der Waals surface area contributed by atoms with Gasteiger partial charge in [-0.2, -0.15) is 0 Å². The molecule has 0 heterocycles. The van der Waals surface area contributed by atoms with E-state index in [2.05, 4.69) is 64.1 Å². The van der Waals surface area contributed by atoms with Gasteiger partial charge in [0.15, 0.2) is 0 Å². The average molecular weight is 264 g/mol. The van der Waals surface area contributed by atoms with E-state index in [-0.39, 0.29) is 0 Å². The van der Waals surface area contributed by atoms with Gasteiger partial charge in [-0.3, -0.25) is 0 Å². The van der Waals surface area contributed by atoms with Gasteiger partial charge in [-0.1, -0.05) is 50.2 Å². The Kier molecular flexibility index (Phi) is 5.00. The summed E-state index contributed by atoms with van der Waals surface area (Å²) in [5.41, 5.74) is 7.86. The molecule has 2 rings (SSSR count). The van der Waals surface area contributed by atoms with Gasteiger partial charge in [0, 0.05) is 0 Å². The molecule has 0 aromatic heterocycles. The minimum Gasteiger partial charge on any atom is -0.0613 e. The maximum absolute atomic E-state index is 4.08. The number of benzene rings is 2. The molecular formula is C20H24. The Hall–Kier alpha value is -1.56. The molecule has 0 spiro atoms. The van der Waals surface area contributed by atoms with Gasteiger partial charge < -0.3 is 0 Å². The quantitative estimate of drug-likeness (QED) is 0.716. The molecule has 0 aliphatic rings. The first-order valence-corrected chi connectivity index (χ1v) is 7.51. The minimum atomic E-state index is 1.06. The zero-order valence-corrected chi connectivity index (χ0v) is 12.7. The lowest BCUT2D eigenvalue weighted by molar-refractivity contribution is 0.945. The number of rotatable bonds is 5. The Morgan fingerprint density at radius 2 is 1.10 bits per heavy atom. The van der Waals surface area contributed by atoms with Gasteiger partial charge in [-0.05, 0) is 72.9 Å². The summed E-state index contributed by atoms with van der Waals surface area (Å²) in [7, 11) is 0. The lowest BCUT2D eigenvalue weighted by Crippen LogP contribution is -1.96. The van der Waals surface area contributed by atoms with Crippen molar-refractivity contribution in [3.05, 3.63) is 83.6 Å². The third-order valence-electron chi connectivity index (χ3n) is 4.01. The van der Waals surface area contributed by atoms with Crippen LogP contribution >= 0.6 is 0 Å². The molecule has 104 valence electrons. The molecule has 0 aliphatic carbocycles. The molecule has 0 aliphatic heterocycles. The average Bonchev–Trinajstić information content (AvgIpc) is 2.47. The van der Waals surface area contributed by atoms with Crippen LogP contribution in [0.3, 0.4) is 0 Å². The van der Waals surface area contributed by atoms with E-state index in [1.165, 1.54) is 22.3 Å². The van der Waals surface area contributed by atoms with Crippen molar-refractivity contribution in [1.29, 1.82) is 0 Å². The highest BCUT2D eigenvalue weighted by Crippen LogP contribution is 2.16. The number of hydrogen-bond acceptors (Lipinski definition) is 0. The molecule has 0 saturated heterocycles. The Morgan fingerprint density at radius 3 is 1.45 bits per heavy atom. The first-order valence-electron chi connectivity index (χ1n) is 7.51. The van der Waals surface area contributed by atoms with Gasteiger partial charge in [-0.15, -0.1) is 0 Å². The highest BCUT2D eigenvalue weighted by Gasteiger charge is 2.02. The summed E-state index contributed by atoms with van der Waals surface area (Å²) in [5.74, 6) is 0. The summed E-state index contributed by atoms with van der Waals surface area (Å²) in [6, 6.07) is 13.3. The number of aryl methyl sites for hydroxylation is 4. The lowest BCUT2D eigenvalue weighted by atomic mass is 9.96. The van der Waals surface area contributed by atoms with Crippen LogP contribution in [-0.4, -0.2) is 0 Å². The minimum absolute atomic E-state index is 1.06. The van der Waals surface area contributed by atoms with E-state index in [1.807, 2.05) is 0 Å². The van der Waals surface area contributed by atoms with Crippen LogP contribution in [0.25, 0.3) is 0 Å². The molecule has 2 aromatic rings. The zero-order chi connectivity index (χ0) is 14.5. The number of hydrogen-bond donors (Lipinski definition) is 0. The van der Waals surface area contributed by atoms with E-state index in [4.69, 9.17) is 0 Å². The Morgan fingerprint density at radius 1 is 0.700 bits per heavy atom. The fourth-order valence-corrected chi connectivity index (χ4v) is 2.62. The summed E-state index contributed by atoms with van der Waals surface area (Å²) in [6.07, 6.45) is 4.30. The fraction of sp³-hybridized carbons (Fsp3) is 0.300. The Bertz CT molecular complexity index is 525. The first-order chi connectivity index (χ1) is 9.63. The van der Waals surface area contributed by atoms with Crippen LogP contribution in [0, 0.1) is 13.8 Å². The molecule has 2 aromatic carbocycles. The molecule has 2 radical (unpaired) electrons. The van der Waals surface area contributed by atoms with E-state index >= 15 is 0 Å². The topological polar surface area (TPSA) is 0 Å². The molecule has 0 heteroatoms. The van der Waals surface area contributed by atoms with Crippen molar-refractivity contribution in [1.82, 2.24) is 0 Å². The second-order valence-corrected chi connectivity index (χ2v) is 5.41. The van der Waals surface area contributed by atoms with Gasteiger partial charge in [0.2, 0.25) is 0 Å². The normalized spacial score (nSPS) is 10.8. The molecule has 0 saturated carbocycles. The van der Waals surface area contributed by atoms with Crippen molar-refractivity contribution in [2.24, 2.45) is 0 Å². The molecule has 0 bridgehead atoms. The van der Waals surface area contributed by atoms with Crippen molar-refractivity contribution in [2.45, 2.75) is 39.5 Å². The largest absolute Gasteiger partial charge is 0.0613 e. The van der Waals surface area contributed by atoms with Crippen LogP contribution in [0.2, 0.25) is 0 Å². The molecule has 0 fully saturated rings. The van der Waals surface area contributed by atoms with Crippen molar-refractivity contribution in [2.75, 3.05) is 0 Å². The summed E-state index contributed by atoms with van der Waals surface area (Å²) < 4.78 is 0. The van der Waals surface area contributed by atoms with Crippen molar-refractivity contribution in [3.63, 3.8) is 0 Å². The monoisotopic (exact) mass is 264 g/mol. The van der Waals surface area contributed by atoms with Crippen LogP contribution in [0.4, 0.5) is 0 Å². The van der Waals surface area contributed by atoms with Crippen molar-refractivity contribution < 1.29 is 0 Å². The SMILES string of the molecule is [CH2]c1ccc(CCc2ccc([CH2])c(CC)c2)cc1CC. The van der Waals surface area contributed by atoms with Crippen LogP contribution in [-0.2, 0) is 25.7 Å². The van der Waals surface area contributed by atoms with Gasteiger partial charge >= 0.3 is 0 Å². The van der Waals surface area contributed by atoms with Crippen LogP contribution in [0.15, 0.2) is 36.4 Å². The van der Waals surface area contributed by atoms with Gasteiger partial charge in [-0.25, -0.2) is 0 Å². The second-order valence-electron chi connectivity index (χ2n) is 5.41. The molecule has 0 unspecified atom stereocenters. The molecule has 0 amide bonds. The fourth-order valence-electron chi connectivity index (χ4n) is 2.62. The van der Waals surface area contributed by atoms with Gasteiger partial charge in [0.25, 0.3) is 0 Å². The van der Waals surface area contributed by atoms with E-state index < -0.39 is 0 Å². The lowest BCUT2D eigenvalue weighted by Gasteiger charge is -2.09. The van der Waals surface area contributed by atoms with Crippen molar-refractivity contribution in [3.8, 4) is 0 Å². The second kappa shape index (κ2) is 6.74. The highest BCUT2D eigenvalue weighted by molar-refractivity contribution is 5.36. The van der Waals surface area contributed by atoms with E-state index in [0.717, 1.165) is 36.8 Å². The first kappa shape index (κ1) is 14.8. The summed E-state index contributed by atoms with van der Waals surface area (Å²) >= 11 is 0. The summed E-state index contributed by atoms with van der Waals surface area (Å²) in [4.78, 5) is 0. The molecule has 0 nitrogen and oxygen atoms in total. The highest BCUT2D eigenvalue weighted by atomic mass is 14.1. The van der Waals surface area contributed by atoms with E-state index in [9.17, 15) is 0 Å². The zero-order valence-electron chi connectivity index (χ0n) is 12.7. The van der Waals surface area contributed by atoms with Crippen molar-refractivity contribution >= 4 is 0 Å². The van der Waals surface area contributed by atoms with Gasteiger partial charge in [0.05, 0.1) is 0 Å². The maximum Gasteiger partial charge on any atom is -0.0235 e. The summed E-state index contributed by atoms with van der Waals surface area (Å²) in [5, 5.41) is 0. The molecule has 0 atom stereocenters. The van der Waals surface area contributed by atoms with E-state index in [1.54, 1.807) is 0 Å². The molecule has 0 N–H and O–H groups in total. The maximum atomic E-state index is 4.08. The standard InChI is InChI=1S/C20H24/c1-5-19-13-17(9-7-15(19)3)11-12-18-10-8-16(4)20(6-2)14-18/h7-10,13-14H,3-6,11-12H2,1-2H3. The third-order valence-corrected chi connectivity index (χ3v) is 4.01. The van der Waals surface area contributed by atoms with Gasteiger partial charge in [0.1, 0.15) is 0 Å². The Balaban J connectivity index is 2.08. The van der Waals surface area contributed by atoms with Crippen LogP contribution in [0.5, 0.6) is 0 Å². The van der Waals surface area contributed by atoms with Crippen LogP contribution < -0.4 is 0 Å². The third kappa shape index (κ3) is 3.50. The molecule has 20 heavy (non-hydrogen) atoms. The smallest absolute Gasteiger partial charge is 0.0235 e. The molecular weight excluding hydrogens is 240 g/mol. The summed E-state index contributed by atoms with van der Waals surface area (Å²) in [6.45, 7) is 12.5. The van der Waals surface area contributed by atoms with Crippen LogP contribution in [0.1, 0.15) is 47.2 Å².